The summed E-state index contributed by atoms with van der Waals surface area (Å²) in [6.45, 7) is 18.3. The van der Waals surface area contributed by atoms with Gasteiger partial charge in [0.15, 0.2) is 26.5 Å². The van der Waals surface area contributed by atoms with Gasteiger partial charge in [0.2, 0.25) is 0 Å². The fraction of sp³-hybridized carbons (Fsp3) is 0.816. The highest BCUT2D eigenvalue weighted by Crippen LogP contribution is 2.40. The number of nitrogens with zero attached hydrogens (tertiary/aromatic N) is 5. The fourth-order valence-corrected chi connectivity index (χ4v) is 11.6. The number of hydrogen-bond acceptors (Lipinski definition) is 19. The number of alkyl halides is 1. The van der Waals surface area contributed by atoms with E-state index in [0.29, 0.717) is 45.6 Å². The van der Waals surface area contributed by atoms with E-state index in [-0.39, 0.29) is 29.8 Å². The Labute approximate surface area is 434 Å². The van der Waals surface area contributed by atoms with E-state index in [0.717, 1.165) is 11.3 Å². The standard InChI is InChI=1S/C49H83IN6O14S/c1-28-23-47(7,61)43(30(3)40(68-38-24-48(8,65-12)42(59)33(6)67-38)31(4)44(60)70-46(50)49(9,62)41(58)32(5)55(11)26-28)69-45-39(57)37(22-29(2)66-45)54(10)20-18-35-27-56(53-52-35)21-19-51-25-34-14-16-36(17-15-34)71(13,63)64/h14-17,27-33,37-43,45-46,51,57-59,61-62H,18-26H2,1-13H3/t28-,29-,30+,31-,32-,33+,37+,38+,39-,40+,41-,42+,43-,45+,46+,47-,48-,49+/m1/s1. The normalized spacial score (nSPS) is 39.7. The van der Waals surface area contributed by atoms with E-state index in [2.05, 4.69) is 15.6 Å². The first kappa shape index (κ1) is 59.9. The first-order chi connectivity index (χ1) is 33.0. The molecular formula is C49H83IN6O14S. The Hall–Kier alpha value is -2.01. The van der Waals surface area contributed by atoms with Crippen LogP contribution in [0.4, 0.5) is 0 Å². The molecule has 3 aliphatic heterocycles. The molecule has 0 saturated carbocycles. The van der Waals surface area contributed by atoms with Crippen molar-refractivity contribution >= 4 is 38.4 Å². The van der Waals surface area contributed by atoms with Crippen molar-refractivity contribution in [2.75, 3.05) is 47.1 Å². The molecule has 406 valence electrons. The quantitative estimate of drug-likeness (QED) is 0.0647. The highest BCUT2D eigenvalue weighted by atomic mass is 127. The van der Waals surface area contributed by atoms with Crippen molar-refractivity contribution in [1.29, 1.82) is 0 Å². The number of aliphatic hydroxyl groups is 5. The third-order valence-electron chi connectivity index (χ3n) is 15.0. The second-order valence-electron chi connectivity index (χ2n) is 21.4. The summed E-state index contributed by atoms with van der Waals surface area (Å²) in [7, 11) is 1.98. The van der Waals surface area contributed by atoms with E-state index in [1.165, 1.54) is 20.3 Å². The molecule has 1 aromatic heterocycles. The number of carbonyl (C=O) groups is 1. The van der Waals surface area contributed by atoms with Gasteiger partial charge in [-0.15, -0.1) is 5.10 Å². The number of rotatable bonds is 15. The van der Waals surface area contributed by atoms with Gasteiger partial charge in [-0.2, -0.15) is 0 Å². The van der Waals surface area contributed by atoms with Crippen molar-refractivity contribution in [1.82, 2.24) is 30.1 Å². The zero-order valence-corrected chi connectivity index (χ0v) is 46.8. The summed E-state index contributed by atoms with van der Waals surface area (Å²) < 4.78 is 62.1. The van der Waals surface area contributed by atoms with Gasteiger partial charge in [-0.1, -0.05) is 31.2 Å². The molecule has 3 saturated heterocycles. The number of nitrogens with one attached hydrogen (secondary N) is 1. The highest BCUT2D eigenvalue weighted by molar-refractivity contribution is 14.1. The Morgan fingerprint density at radius 1 is 0.986 bits per heavy atom. The Kier molecular flexibility index (Phi) is 20.9. The number of benzene rings is 1. The van der Waals surface area contributed by atoms with Crippen LogP contribution < -0.4 is 5.32 Å². The highest BCUT2D eigenvalue weighted by Gasteiger charge is 2.53. The van der Waals surface area contributed by atoms with Crippen molar-refractivity contribution in [3.8, 4) is 0 Å². The van der Waals surface area contributed by atoms with E-state index >= 15 is 0 Å². The van der Waals surface area contributed by atoms with Crippen LogP contribution in [0, 0.1) is 17.8 Å². The molecule has 0 unspecified atom stereocenters. The number of hydrogen-bond donors (Lipinski definition) is 6. The molecule has 2 aromatic rings. The molecule has 0 amide bonds. The number of ether oxygens (including phenoxy) is 6. The number of halogens is 1. The lowest BCUT2D eigenvalue weighted by atomic mass is 9.77. The van der Waals surface area contributed by atoms with Crippen molar-refractivity contribution in [3.63, 3.8) is 0 Å². The number of aromatic nitrogens is 3. The number of carbonyl (C=O) groups excluding carboxylic acids is 1. The summed E-state index contributed by atoms with van der Waals surface area (Å²) in [6.07, 6.45) is -4.65. The second kappa shape index (κ2) is 24.8. The number of methoxy groups -OCH3 is 1. The van der Waals surface area contributed by atoms with Crippen molar-refractivity contribution in [2.45, 2.75) is 194 Å². The topological polar surface area (TPSA) is 257 Å². The maximum absolute atomic E-state index is 14.3. The summed E-state index contributed by atoms with van der Waals surface area (Å²) in [5.41, 5.74) is -2.84. The van der Waals surface area contributed by atoms with Gasteiger partial charge in [0.05, 0.1) is 58.7 Å². The minimum atomic E-state index is -3.26. The maximum atomic E-state index is 14.3. The lowest BCUT2D eigenvalue weighted by Crippen LogP contribution is -2.60. The molecule has 0 aliphatic carbocycles. The van der Waals surface area contributed by atoms with Crippen molar-refractivity contribution < 1.29 is 67.2 Å². The van der Waals surface area contributed by atoms with Gasteiger partial charge in [-0.05, 0) is 122 Å². The molecule has 71 heavy (non-hydrogen) atoms. The Balaban J connectivity index is 1.36. The number of likely N-dealkylation sites (N-methyl/N-ethyl adjacent to an activating group) is 2. The summed E-state index contributed by atoms with van der Waals surface area (Å²) in [6, 6.07) is 5.77. The van der Waals surface area contributed by atoms with E-state index in [1.807, 2.05) is 66.5 Å². The third-order valence-corrected chi connectivity index (χ3v) is 17.7. The van der Waals surface area contributed by atoms with E-state index in [4.69, 9.17) is 28.4 Å². The van der Waals surface area contributed by atoms with Gasteiger partial charge < -0.3 is 69.1 Å². The van der Waals surface area contributed by atoms with Gasteiger partial charge in [-0.25, -0.2) is 8.42 Å². The van der Waals surface area contributed by atoms with Crippen LogP contribution in [-0.2, 0) is 62.6 Å². The van der Waals surface area contributed by atoms with Crippen LogP contribution in [0.2, 0.25) is 0 Å². The zero-order chi connectivity index (χ0) is 53.0. The van der Waals surface area contributed by atoms with Crippen LogP contribution >= 0.6 is 22.6 Å². The summed E-state index contributed by atoms with van der Waals surface area (Å²) in [5.74, 6) is -2.84. The van der Waals surface area contributed by atoms with Gasteiger partial charge in [0.1, 0.15) is 23.9 Å². The minimum absolute atomic E-state index is 0.0929. The molecule has 0 radical (unpaired) electrons. The molecule has 20 nitrogen and oxygen atoms in total. The molecule has 22 heteroatoms. The molecule has 4 heterocycles. The molecular weight excluding hydrogens is 1060 g/mol. The second-order valence-corrected chi connectivity index (χ2v) is 24.6. The van der Waals surface area contributed by atoms with Crippen LogP contribution in [0.1, 0.15) is 92.8 Å². The third kappa shape index (κ3) is 15.1. The number of cyclic esters (lactones) is 1. The molecule has 0 bridgehead atoms. The van der Waals surface area contributed by atoms with Crippen molar-refractivity contribution in [2.24, 2.45) is 17.8 Å². The van der Waals surface area contributed by atoms with Crippen LogP contribution in [0.3, 0.4) is 0 Å². The molecule has 3 aliphatic rings. The Bertz CT molecular complexity index is 2120. The first-order valence-electron chi connectivity index (χ1n) is 24.8. The smallest absolute Gasteiger partial charge is 0.312 e. The molecule has 18 atom stereocenters. The number of sulfone groups is 1. The van der Waals surface area contributed by atoms with Gasteiger partial charge in [-0.3, -0.25) is 9.48 Å². The fourth-order valence-electron chi connectivity index (χ4n) is 10.4. The predicted octanol–water partition coefficient (Wildman–Crippen LogP) is 2.28. The number of esters is 1. The van der Waals surface area contributed by atoms with E-state index in [1.54, 1.807) is 70.5 Å². The lowest BCUT2D eigenvalue weighted by Gasteiger charge is -2.49. The SMILES string of the molecule is CO[C@]1(C)C[C@H](O[C@H]2[C@H](C)[C@@H](O[C@@H]3O[C@H](C)C[C@H](N(C)CCc4cn(CCNCc5ccc(S(C)(=O)=O)cc5)nn4)[C@H]3O)[C@](C)(O)C[C@@H](C)CN(C)[C@H](C)[C@@H](O)[C@](C)(O)[C@@H](I)OC(=O)[C@@H]2C)O[C@@H](C)[C@@H]1O. The lowest BCUT2D eigenvalue weighted by molar-refractivity contribution is -0.318. The van der Waals surface area contributed by atoms with Gasteiger partial charge in [0.25, 0.3) is 0 Å². The molecule has 1 aromatic carbocycles. The minimum Gasteiger partial charge on any atom is -0.448 e. The monoisotopic (exact) mass is 1140 g/mol. The van der Waals surface area contributed by atoms with Crippen LogP contribution in [-0.4, -0.2) is 200 Å². The predicted molar refractivity (Wildman–Crippen MR) is 272 cm³/mol. The summed E-state index contributed by atoms with van der Waals surface area (Å²) in [5, 5.41) is 71.2. The molecule has 3 fully saturated rings. The zero-order valence-electron chi connectivity index (χ0n) is 43.8. The van der Waals surface area contributed by atoms with Gasteiger partial charge >= 0.3 is 5.97 Å². The largest absolute Gasteiger partial charge is 0.448 e. The first-order valence-corrected chi connectivity index (χ1v) is 27.9. The molecule has 5 rings (SSSR count). The Morgan fingerprint density at radius 3 is 2.28 bits per heavy atom. The van der Waals surface area contributed by atoms with E-state index < -0.39 is 110 Å². The average molecular weight is 1140 g/mol. The average Bonchev–Trinajstić information content (AvgIpc) is 3.76. The number of aliphatic hydroxyl groups excluding tert-OH is 3. The molecule has 0 spiro atoms. The summed E-state index contributed by atoms with van der Waals surface area (Å²) in [4.78, 5) is 18.5. The maximum Gasteiger partial charge on any atom is 0.312 e. The van der Waals surface area contributed by atoms with E-state index in [9.17, 15) is 38.7 Å². The van der Waals surface area contributed by atoms with Crippen LogP contribution in [0.25, 0.3) is 0 Å². The van der Waals surface area contributed by atoms with Crippen LogP contribution in [0.5, 0.6) is 0 Å². The Morgan fingerprint density at radius 2 is 1.65 bits per heavy atom. The molecule has 6 N–H and O–H groups in total. The summed E-state index contributed by atoms with van der Waals surface area (Å²) >= 11 is 1.82. The van der Waals surface area contributed by atoms with Gasteiger partial charge in [0, 0.05) is 76.6 Å². The van der Waals surface area contributed by atoms with Crippen molar-refractivity contribution in [3.05, 3.63) is 41.7 Å². The van der Waals surface area contributed by atoms with Crippen LogP contribution in [0.15, 0.2) is 35.4 Å².